The molecule has 7 heteroatoms. The fraction of sp³-hybridized carbons (Fsp3) is 0.278. The van der Waals surface area contributed by atoms with Crippen molar-refractivity contribution >= 4 is 11.4 Å². The summed E-state index contributed by atoms with van der Waals surface area (Å²) in [7, 11) is 5.02. The van der Waals surface area contributed by atoms with Crippen molar-refractivity contribution in [2.45, 2.75) is 6.42 Å². The average molecular weight is 341 g/mol. The van der Waals surface area contributed by atoms with Crippen LogP contribution in [0.4, 0.5) is 11.4 Å². The van der Waals surface area contributed by atoms with Crippen LogP contribution >= 0.6 is 0 Å². The van der Waals surface area contributed by atoms with E-state index in [4.69, 9.17) is 9.47 Å². The molecule has 0 saturated carbocycles. The summed E-state index contributed by atoms with van der Waals surface area (Å²) in [6, 6.07) is 12.0. The topological polar surface area (TPSA) is 88.6 Å². The lowest BCUT2D eigenvalue weighted by Gasteiger charge is -2.20. The lowest BCUT2D eigenvalue weighted by atomic mass is 10.1. The smallest absolute Gasteiger partial charge is 0.270 e. The van der Waals surface area contributed by atoms with Crippen molar-refractivity contribution < 1.29 is 14.4 Å². The van der Waals surface area contributed by atoms with E-state index in [1.54, 1.807) is 20.3 Å². The number of likely N-dealkylation sites (N-methyl/N-ethyl adjacent to an activating group) is 1. The number of rotatable bonds is 7. The van der Waals surface area contributed by atoms with E-state index >= 15 is 0 Å². The van der Waals surface area contributed by atoms with Gasteiger partial charge < -0.3 is 14.4 Å². The number of hydrogen-bond donors (Lipinski definition) is 0. The summed E-state index contributed by atoms with van der Waals surface area (Å²) in [6.45, 7) is 0.641. The molecule has 0 aliphatic carbocycles. The number of nitrogens with zero attached hydrogens (tertiary/aromatic N) is 3. The van der Waals surface area contributed by atoms with Crippen molar-refractivity contribution in [3.05, 3.63) is 57.6 Å². The van der Waals surface area contributed by atoms with Gasteiger partial charge in [-0.05, 0) is 30.2 Å². The minimum Gasteiger partial charge on any atom is -0.493 e. The molecule has 0 N–H and O–H groups in total. The number of anilines is 1. The molecule has 2 aromatic rings. The first kappa shape index (κ1) is 18.1. The molecule has 0 fully saturated rings. The fourth-order valence-corrected chi connectivity index (χ4v) is 2.51. The number of nitro groups is 1. The van der Waals surface area contributed by atoms with Gasteiger partial charge in [0, 0.05) is 25.7 Å². The van der Waals surface area contributed by atoms with Gasteiger partial charge in [-0.1, -0.05) is 6.07 Å². The highest BCUT2D eigenvalue weighted by molar-refractivity contribution is 5.62. The Hall–Kier alpha value is -3.27. The molecule has 130 valence electrons. The monoisotopic (exact) mass is 341 g/mol. The molecule has 0 radical (unpaired) electrons. The van der Waals surface area contributed by atoms with Crippen molar-refractivity contribution in [2.24, 2.45) is 0 Å². The average Bonchev–Trinajstić information content (AvgIpc) is 2.64. The Morgan fingerprint density at radius 1 is 1.16 bits per heavy atom. The van der Waals surface area contributed by atoms with Crippen LogP contribution in [0.5, 0.6) is 11.5 Å². The molecule has 0 unspecified atom stereocenters. The first-order valence-electron chi connectivity index (χ1n) is 7.60. The van der Waals surface area contributed by atoms with E-state index in [2.05, 4.69) is 0 Å². The summed E-state index contributed by atoms with van der Waals surface area (Å²) in [6.07, 6.45) is 0.721. The molecule has 2 aromatic carbocycles. The largest absolute Gasteiger partial charge is 0.493 e. The Labute approximate surface area is 146 Å². The number of ether oxygens (including phenoxy) is 2. The quantitative estimate of drug-likeness (QED) is 0.568. The maximum Gasteiger partial charge on any atom is 0.270 e. The lowest BCUT2D eigenvalue weighted by molar-refractivity contribution is -0.384. The third-order valence-corrected chi connectivity index (χ3v) is 3.91. The second kappa shape index (κ2) is 8.02. The highest BCUT2D eigenvalue weighted by atomic mass is 16.6. The van der Waals surface area contributed by atoms with E-state index in [9.17, 15) is 15.4 Å². The van der Waals surface area contributed by atoms with Crippen LogP contribution in [0.15, 0.2) is 36.4 Å². The Balaban J connectivity index is 2.14. The maximum atomic E-state index is 10.8. The van der Waals surface area contributed by atoms with Gasteiger partial charge in [0.05, 0.1) is 30.4 Å². The zero-order valence-corrected chi connectivity index (χ0v) is 14.4. The molecule has 0 aromatic heterocycles. The summed E-state index contributed by atoms with van der Waals surface area (Å²) in [5.41, 5.74) is 1.91. The molecule has 0 spiro atoms. The number of nitriles is 1. The summed E-state index contributed by atoms with van der Waals surface area (Å²) >= 11 is 0. The molecule has 0 atom stereocenters. The van der Waals surface area contributed by atoms with Gasteiger partial charge in [0.25, 0.3) is 5.69 Å². The minimum atomic E-state index is -0.506. The van der Waals surface area contributed by atoms with Crippen LogP contribution < -0.4 is 14.4 Å². The number of hydrogen-bond acceptors (Lipinski definition) is 6. The molecule has 0 amide bonds. The van der Waals surface area contributed by atoms with E-state index in [0.29, 0.717) is 23.7 Å². The van der Waals surface area contributed by atoms with Gasteiger partial charge in [0.2, 0.25) is 0 Å². The third kappa shape index (κ3) is 4.18. The van der Waals surface area contributed by atoms with E-state index < -0.39 is 4.92 Å². The van der Waals surface area contributed by atoms with Crippen LogP contribution in [0.1, 0.15) is 11.1 Å². The fourth-order valence-electron chi connectivity index (χ4n) is 2.51. The number of methoxy groups -OCH3 is 2. The van der Waals surface area contributed by atoms with Gasteiger partial charge in [-0.25, -0.2) is 0 Å². The number of benzene rings is 2. The number of nitro benzene ring substituents is 1. The highest BCUT2D eigenvalue weighted by Crippen LogP contribution is 2.28. The third-order valence-electron chi connectivity index (χ3n) is 3.91. The summed E-state index contributed by atoms with van der Waals surface area (Å²) in [4.78, 5) is 12.2. The van der Waals surface area contributed by atoms with Crippen LogP contribution in [0.25, 0.3) is 0 Å². The molecular formula is C18H19N3O4. The van der Waals surface area contributed by atoms with Gasteiger partial charge >= 0.3 is 0 Å². The van der Waals surface area contributed by atoms with Crippen molar-refractivity contribution in [3.8, 4) is 17.6 Å². The van der Waals surface area contributed by atoms with Crippen molar-refractivity contribution in [1.29, 1.82) is 5.26 Å². The SMILES string of the molecule is COc1ccc(CCN(C)c2ccc([N+](=O)[O-])cc2C#N)cc1OC. The summed E-state index contributed by atoms with van der Waals surface area (Å²) in [5.74, 6) is 1.33. The predicted octanol–water partition coefficient (Wildman–Crippen LogP) is 3.16. The van der Waals surface area contributed by atoms with Crippen LogP contribution in [0, 0.1) is 21.4 Å². The Kier molecular flexibility index (Phi) is 5.79. The Morgan fingerprint density at radius 2 is 1.88 bits per heavy atom. The van der Waals surface area contributed by atoms with E-state index in [1.807, 2.05) is 36.2 Å². The van der Waals surface area contributed by atoms with Gasteiger partial charge in [0.15, 0.2) is 11.5 Å². The molecule has 25 heavy (non-hydrogen) atoms. The molecule has 0 bridgehead atoms. The first-order valence-corrected chi connectivity index (χ1v) is 7.60. The molecule has 0 saturated heterocycles. The van der Waals surface area contributed by atoms with Crippen LogP contribution in [-0.4, -0.2) is 32.7 Å². The van der Waals surface area contributed by atoms with Crippen molar-refractivity contribution in [1.82, 2.24) is 0 Å². The zero-order chi connectivity index (χ0) is 18.4. The van der Waals surface area contributed by atoms with Crippen molar-refractivity contribution in [3.63, 3.8) is 0 Å². The molecule has 0 aliphatic rings. The minimum absolute atomic E-state index is 0.0893. The molecular weight excluding hydrogens is 322 g/mol. The zero-order valence-electron chi connectivity index (χ0n) is 14.4. The predicted molar refractivity (Wildman–Crippen MR) is 94.3 cm³/mol. The van der Waals surface area contributed by atoms with E-state index in [-0.39, 0.29) is 11.3 Å². The molecule has 0 aliphatic heterocycles. The summed E-state index contributed by atoms with van der Waals surface area (Å²) in [5, 5.41) is 20.1. The Bertz CT molecular complexity index is 814. The van der Waals surface area contributed by atoms with Crippen molar-refractivity contribution in [2.75, 3.05) is 32.7 Å². The highest BCUT2D eigenvalue weighted by Gasteiger charge is 2.14. The second-order valence-corrected chi connectivity index (χ2v) is 5.43. The van der Waals surface area contributed by atoms with Crippen LogP contribution in [0.2, 0.25) is 0 Å². The van der Waals surface area contributed by atoms with E-state index in [0.717, 1.165) is 12.0 Å². The second-order valence-electron chi connectivity index (χ2n) is 5.43. The van der Waals surface area contributed by atoms with Gasteiger partial charge in [-0.15, -0.1) is 0 Å². The van der Waals surface area contributed by atoms with E-state index in [1.165, 1.54) is 12.1 Å². The van der Waals surface area contributed by atoms with Gasteiger partial charge in [0.1, 0.15) is 6.07 Å². The van der Waals surface area contributed by atoms with Crippen LogP contribution in [0.3, 0.4) is 0 Å². The number of non-ortho nitro benzene ring substituents is 1. The normalized spacial score (nSPS) is 10.0. The molecule has 0 heterocycles. The summed E-state index contributed by atoms with van der Waals surface area (Å²) < 4.78 is 10.5. The lowest BCUT2D eigenvalue weighted by Crippen LogP contribution is -2.21. The Morgan fingerprint density at radius 3 is 2.48 bits per heavy atom. The van der Waals surface area contributed by atoms with Gasteiger partial charge in [-0.3, -0.25) is 10.1 Å². The standard InChI is InChI=1S/C18H19N3O4/c1-20(16-6-5-15(21(22)23)11-14(16)12-19)9-8-13-4-7-17(24-2)18(10-13)25-3/h4-7,10-11H,8-9H2,1-3H3. The maximum absolute atomic E-state index is 10.8. The first-order chi connectivity index (χ1) is 12.0. The van der Waals surface area contributed by atoms with Crippen LogP contribution in [-0.2, 0) is 6.42 Å². The molecule has 2 rings (SSSR count). The van der Waals surface area contributed by atoms with Gasteiger partial charge in [-0.2, -0.15) is 5.26 Å². The molecule has 7 nitrogen and oxygen atoms in total.